The molecule has 0 spiro atoms. The van der Waals surface area contributed by atoms with Gasteiger partial charge in [-0.1, -0.05) is 13.8 Å². The van der Waals surface area contributed by atoms with E-state index in [4.69, 9.17) is 9.84 Å². The highest BCUT2D eigenvalue weighted by Gasteiger charge is 2.27. The highest BCUT2D eigenvalue weighted by molar-refractivity contribution is 5.79. The summed E-state index contributed by atoms with van der Waals surface area (Å²) in [5, 5.41) is 13.5. The minimum atomic E-state index is -0.870. The number of aliphatic carboxylic acids is 1. The molecule has 1 aromatic heterocycles. The van der Waals surface area contributed by atoms with Crippen molar-refractivity contribution in [3.8, 4) is 0 Å². The van der Waals surface area contributed by atoms with Crippen molar-refractivity contribution in [3.05, 3.63) is 17.0 Å². The van der Waals surface area contributed by atoms with Crippen molar-refractivity contribution >= 4 is 11.9 Å². The number of carboxylic acid groups (broad SMARTS) is 1. The Kier molecular flexibility index (Phi) is 7.38. The van der Waals surface area contributed by atoms with Gasteiger partial charge in [-0.15, -0.1) is 0 Å². The summed E-state index contributed by atoms with van der Waals surface area (Å²) in [6.45, 7) is 11.1. The molecule has 1 unspecified atom stereocenters. The van der Waals surface area contributed by atoms with E-state index in [1.165, 1.54) is 0 Å². The fourth-order valence-corrected chi connectivity index (χ4v) is 3.48. The number of aryl methyl sites for hydroxylation is 1. The van der Waals surface area contributed by atoms with Gasteiger partial charge in [0.1, 0.15) is 0 Å². The van der Waals surface area contributed by atoms with Gasteiger partial charge in [0.25, 0.3) is 0 Å². The smallest absolute Gasteiger partial charge is 0.317 e. The molecule has 1 amide bonds. The summed E-state index contributed by atoms with van der Waals surface area (Å²) in [5.74, 6) is -0.306. The van der Waals surface area contributed by atoms with E-state index in [1.807, 2.05) is 23.4 Å². The first-order valence-electron chi connectivity index (χ1n) is 9.50. The average molecular weight is 380 g/mol. The van der Waals surface area contributed by atoms with Gasteiger partial charge in [0.05, 0.1) is 31.4 Å². The van der Waals surface area contributed by atoms with E-state index in [0.29, 0.717) is 38.6 Å². The molecule has 8 nitrogen and oxygen atoms in total. The summed E-state index contributed by atoms with van der Waals surface area (Å²) in [6, 6.07) is 0. The molecule has 2 heterocycles. The molecule has 8 heteroatoms. The third-order valence-corrected chi connectivity index (χ3v) is 4.81. The van der Waals surface area contributed by atoms with Crippen LogP contribution in [0, 0.1) is 19.8 Å². The molecular weight excluding hydrogens is 348 g/mol. The Morgan fingerprint density at radius 1 is 1.37 bits per heavy atom. The van der Waals surface area contributed by atoms with E-state index in [-0.39, 0.29) is 18.6 Å². The van der Waals surface area contributed by atoms with Crippen LogP contribution in [0.4, 0.5) is 0 Å². The minimum Gasteiger partial charge on any atom is -0.480 e. The molecule has 0 bridgehead atoms. The molecule has 0 aromatic carbocycles. The second kappa shape index (κ2) is 9.32. The van der Waals surface area contributed by atoms with Gasteiger partial charge < -0.3 is 14.7 Å². The van der Waals surface area contributed by atoms with E-state index in [9.17, 15) is 9.59 Å². The number of carbonyl (C=O) groups excluding carboxylic acids is 1. The maximum Gasteiger partial charge on any atom is 0.317 e. The Labute approximate surface area is 161 Å². The fraction of sp³-hybridized carbons (Fsp3) is 0.737. The maximum atomic E-state index is 12.8. The molecule has 1 N–H and O–H groups in total. The van der Waals surface area contributed by atoms with Crippen molar-refractivity contribution in [1.82, 2.24) is 19.6 Å². The molecule has 1 atom stereocenters. The molecule has 152 valence electrons. The largest absolute Gasteiger partial charge is 0.480 e. The summed E-state index contributed by atoms with van der Waals surface area (Å²) in [6.07, 6.45) is 0.172. The Morgan fingerprint density at radius 2 is 2.07 bits per heavy atom. The molecule has 1 fully saturated rings. The lowest BCUT2D eigenvalue weighted by Crippen LogP contribution is -2.50. The molecule has 0 aliphatic carbocycles. The van der Waals surface area contributed by atoms with Crippen LogP contribution in [0.15, 0.2) is 0 Å². The predicted molar refractivity (Wildman–Crippen MR) is 102 cm³/mol. The van der Waals surface area contributed by atoms with Crippen molar-refractivity contribution in [1.29, 1.82) is 0 Å². The second-order valence-electron chi connectivity index (χ2n) is 7.83. The van der Waals surface area contributed by atoms with Crippen molar-refractivity contribution in [3.63, 3.8) is 0 Å². The number of carbonyl (C=O) groups is 2. The molecular formula is C19H32N4O4. The van der Waals surface area contributed by atoms with E-state index in [2.05, 4.69) is 18.9 Å². The van der Waals surface area contributed by atoms with Crippen LogP contribution in [0.3, 0.4) is 0 Å². The molecule has 1 aliphatic heterocycles. The number of hydrogen-bond donors (Lipinski definition) is 1. The normalized spacial score (nSPS) is 17.7. The van der Waals surface area contributed by atoms with Gasteiger partial charge in [-0.2, -0.15) is 5.10 Å². The van der Waals surface area contributed by atoms with Gasteiger partial charge in [-0.05, 0) is 26.8 Å². The number of rotatable bonds is 8. The van der Waals surface area contributed by atoms with Gasteiger partial charge in [0.2, 0.25) is 5.91 Å². The Balaban J connectivity index is 1.97. The van der Waals surface area contributed by atoms with Crippen LogP contribution in [-0.2, 0) is 27.3 Å². The standard InChI is InChI=1S/C19H32N4O4/c1-13(2)9-23-15(4)17(14(3)20-23)8-18(24)22-6-7-27-16(11-22)10-21(5)12-19(25)26/h13,16H,6-12H2,1-5H3,(H,25,26). The average Bonchev–Trinajstić information content (AvgIpc) is 2.81. The fourth-order valence-electron chi connectivity index (χ4n) is 3.48. The van der Waals surface area contributed by atoms with Crippen LogP contribution >= 0.6 is 0 Å². The number of likely N-dealkylation sites (N-methyl/N-ethyl adjacent to an activating group) is 1. The molecule has 1 saturated heterocycles. The number of nitrogens with zero attached hydrogens (tertiary/aromatic N) is 4. The van der Waals surface area contributed by atoms with Crippen molar-refractivity contribution in [2.24, 2.45) is 5.92 Å². The number of morpholine rings is 1. The molecule has 1 aromatic rings. The third-order valence-electron chi connectivity index (χ3n) is 4.81. The quantitative estimate of drug-likeness (QED) is 0.722. The van der Waals surface area contributed by atoms with Crippen LogP contribution in [0.2, 0.25) is 0 Å². The highest BCUT2D eigenvalue weighted by Crippen LogP contribution is 2.17. The van der Waals surface area contributed by atoms with Crippen molar-refractivity contribution in [2.75, 3.05) is 39.8 Å². The maximum absolute atomic E-state index is 12.8. The lowest BCUT2D eigenvalue weighted by atomic mass is 10.1. The molecule has 27 heavy (non-hydrogen) atoms. The van der Waals surface area contributed by atoms with Crippen LogP contribution < -0.4 is 0 Å². The van der Waals surface area contributed by atoms with E-state index < -0.39 is 5.97 Å². The summed E-state index contributed by atoms with van der Waals surface area (Å²) in [4.78, 5) is 27.2. The Bertz CT molecular complexity index is 671. The number of carboxylic acids is 1. The Morgan fingerprint density at radius 3 is 2.70 bits per heavy atom. The zero-order valence-corrected chi connectivity index (χ0v) is 17.1. The highest BCUT2D eigenvalue weighted by atomic mass is 16.5. The van der Waals surface area contributed by atoms with Crippen LogP contribution in [0.5, 0.6) is 0 Å². The summed E-state index contributed by atoms with van der Waals surface area (Å²) < 4.78 is 7.70. The molecule has 2 rings (SSSR count). The summed E-state index contributed by atoms with van der Waals surface area (Å²) in [7, 11) is 1.74. The van der Waals surface area contributed by atoms with Gasteiger partial charge in [0.15, 0.2) is 0 Å². The number of aromatic nitrogens is 2. The van der Waals surface area contributed by atoms with E-state index >= 15 is 0 Å². The van der Waals surface area contributed by atoms with E-state index in [0.717, 1.165) is 23.5 Å². The number of ether oxygens (including phenoxy) is 1. The van der Waals surface area contributed by atoms with Gasteiger partial charge >= 0.3 is 5.97 Å². The summed E-state index contributed by atoms with van der Waals surface area (Å²) in [5.41, 5.74) is 2.97. The van der Waals surface area contributed by atoms with Crippen LogP contribution in [0.25, 0.3) is 0 Å². The topological polar surface area (TPSA) is 87.9 Å². The van der Waals surface area contributed by atoms with Crippen LogP contribution in [0.1, 0.15) is 30.8 Å². The van der Waals surface area contributed by atoms with Gasteiger partial charge in [-0.3, -0.25) is 19.2 Å². The molecule has 1 aliphatic rings. The first-order valence-corrected chi connectivity index (χ1v) is 9.50. The monoisotopic (exact) mass is 380 g/mol. The molecule has 0 saturated carbocycles. The first kappa shape index (κ1) is 21.4. The van der Waals surface area contributed by atoms with Gasteiger partial charge in [-0.25, -0.2) is 0 Å². The summed E-state index contributed by atoms with van der Waals surface area (Å²) >= 11 is 0. The second-order valence-corrected chi connectivity index (χ2v) is 7.83. The number of hydrogen-bond acceptors (Lipinski definition) is 5. The minimum absolute atomic E-state index is 0.0404. The third kappa shape index (κ3) is 6.04. The predicted octanol–water partition coefficient (Wildman–Crippen LogP) is 0.942. The number of amides is 1. The zero-order valence-electron chi connectivity index (χ0n) is 17.1. The lowest BCUT2D eigenvalue weighted by molar-refractivity contribution is -0.142. The lowest BCUT2D eigenvalue weighted by Gasteiger charge is -2.34. The van der Waals surface area contributed by atoms with Crippen LogP contribution in [-0.4, -0.2) is 82.5 Å². The SMILES string of the molecule is Cc1nn(CC(C)C)c(C)c1CC(=O)N1CCOC(CN(C)CC(=O)O)C1. The molecule has 0 radical (unpaired) electrons. The van der Waals surface area contributed by atoms with Gasteiger partial charge in [0, 0.05) is 37.4 Å². The van der Waals surface area contributed by atoms with E-state index in [1.54, 1.807) is 11.9 Å². The first-order chi connectivity index (χ1) is 12.7. The zero-order chi connectivity index (χ0) is 20.1. The Hall–Kier alpha value is -1.93. The van der Waals surface area contributed by atoms with Crippen molar-refractivity contribution < 1.29 is 19.4 Å². The van der Waals surface area contributed by atoms with Crippen molar-refractivity contribution in [2.45, 2.75) is 46.8 Å².